The van der Waals surface area contributed by atoms with E-state index in [1.54, 1.807) is 24.0 Å². The van der Waals surface area contributed by atoms with E-state index in [4.69, 9.17) is 9.15 Å². The lowest BCUT2D eigenvalue weighted by Gasteiger charge is -2.30. The van der Waals surface area contributed by atoms with E-state index in [1.165, 1.54) is 6.39 Å². The minimum Gasteiger partial charge on any atom is -0.466 e. The predicted molar refractivity (Wildman–Crippen MR) is 117 cm³/mol. The molecule has 8 nitrogen and oxygen atoms in total. The quantitative estimate of drug-likeness (QED) is 0.663. The van der Waals surface area contributed by atoms with Crippen molar-refractivity contribution in [1.82, 2.24) is 14.8 Å². The van der Waals surface area contributed by atoms with E-state index in [0.717, 1.165) is 32.4 Å². The SMILES string of the molecule is CCOC(=O)C1CCN(C(=O)c2ncoc2-c2ccccc2C(=O)N2CCCCC2)CC1. The summed E-state index contributed by atoms with van der Waals surface area (Å²) in [6.45, 7) is 4.52. The van der Waals surface area contributed by atoms with E-state index in [9.17, 15) is 14.4 Å². The van der Waals surface area contributed by atoms with Crippen LogP contribution in [0.15, 0.2) is 35.1 Å². The highest BCUT2D eigenvalue weighted by molar-refractivity contribution is 6.04. The lowest BCUT2D eigenvalue weighted by Crippen LogP contribution is -2.41. The van der Waals surface area contributed by atoms with Crippen molar-refractivity contribution in [2.45, 2.75) is 39.0 Å². The van der Waals surface area contributed by atoms with Crippen LogP contribution in [0.4, 0.5) is 0 Å². The molecule has 2 aliphatic rings. The first-order valence-corrected chi connectivity index (χ1v) is 11.4. The van der Waals surface area contributed by atoms with Gasteiger partial charge in [-0.3, -0.25) is 14.4 Å². The lowest BCUT2D eigenvalue weighted by molar-refractivity contribution is -0.149. The van der Waals surface area contributed by atoms with Crippen LogP contribution in [0.25, 0.3) is 11.3 Å². The molecule has 32 heavy (non-hydrogen) atoms. The van der Waals surface area contributed by atoms with Crippen molar-refractivity contribution < 1.29 is 23.5 Å². The van der Waals surface area contributed by atoms with Crippen LogP contribution in [0, 0.1) is 5.92 Å². The normalized spacial score (nSPS) is 17.3. The Morgan fingerprint density at radius 3 is 2.41 bits per heavy atom. The van der Waals surface area contributed by atoms with Gasteiger partial charge in [0.1, 0.15) is 0 Å². The average Bonchev–Trinajstić information content (AvgIpc) is 3.34. The largest absolute Gasteiger partial charge is 0.466 e. The van der Waals surface area contributed by atoms with Gasteiger partial charge in [0.15, 0.2) is 17.8 Å². The molecule has 0 atom stereocenters. The van der Waals surface area contributed by atoms with Crippen molar-refractivity contribution in [3.05, 3.63) is 41.9 Å². The van der Waals surface area contributed by atoms with Crippen molar-refractivity contribution in [3.63, 3.8) is 0 Å². The van der Waals surface area contributed by atoms with Crippen LogP contribution in [0.5, 0.6) is 0 Å². The van der Waals surface area contributed by atoms with Gasteiger partial charge < -0.3 is 19.0 Å². The number of carbonyl (C=O) groups is 3. The lowest BCUT2D eigenvalue weighted by atomic mass is 9.96. The maximum atomic E-state index is 13.2. The number of amides is 2. The van der Waals surface area contributed by atoms with E-state index in [1.807, 2.05) is 17.0 Å². The number of esters is 1. The Morgan fingerprint density at radius 1 is 1.00 bits per heavy atom. The van der Waals surface area contributed by atoms with Gasteiger partial charge in [-0.05, 0) is 45.1 Å². The first-order chi connectivity index (χ1) is 15.6. The van der Waals surface area contributed by atoms with Crippen LogP contribution < -0.4 is 0 Å². The number of rotatable bonds is 5. The smallest absolute Gasteiger partial charge is 0.309 e. The number of ether oxygens (including phenoxy) is 1. The molecule has 1 aromatic carbocycles. The van der Waals surface area contributed by atoms with Crippen molar-refractivity contribution in [2.75, 3.05) is 32.8 Å². The summed E-state index contributed by atoms with van der Waals surface area (Å²) < 4.78 is 10.7. The summed E-state index contributed by atoms with van der Waals surface area (Å²) in [5.74, 6) is -0.379. The summed E-state index contributed by atoms with van der Waals surface area (Å²) >= 11 is 0. The number of hydrogen-bond donors (Lipinski definition) is 0. The third kappa shape index (κ3) is 4.54. The predicted octanol–water partition coefficient (Wildman–Crippen LogP) is 3.38. The van der Waals surface area contributed by atoms with Crippen LogP contribution in [0.2, 0.25) is 0 Å². The van der Waals surface area contributed by atoms with Crippen LogP contribution in [-0.2, 0) is 9.53 Å². The monoisotopic (exact) mass is 439 g/mol. The molecule has 2 amide bonds. The minimum atomic E-state index is -0.253. The van der Waals surface area contributed by atoms with Crippen molar-refractivity contribution in [2.24, 2.45) is 5.92 Å². The fourth-order valence-electron chi connectivity index (χ4n) is 4.45. The van der Waals surface area contributed by atoms with E-state index in [2.05, 4.69) is 4.98 Å². The van der Waals surface area contributed by atoms with Gasteiger partial charge in [-0.15, -0.1) is 0 Å². The van der Waals surface area contributed by atoms with Gasteiger partial charge in [0.05, 0.1) is 18.1 Å². The third-order valence-electron chi connectivity index (χ3n) is 6.22. The standard InChI is InChI=1S/C24H29N3O5/c1-2-31-24(30)17-10-14-27(15-11-17)23(29)20-21(32-16-25-20)18-8-4-5-9-19(18)22(28)26-12-6-3-7-13-26/h4-5,8-9,16-17H,2-3,6-7,10-15H2,1H3. The van der Waals surface area contributed by atoms with Gasteiger partial charge in [-0.2, -0.15) is 0 Å². The molecule has 2 fully saturated rings. The van der Waals surface area contributed by atoms with Gasteiger partial charge in [0.2, 0.25) is 0 Å². The highest BCUT2D eigenvalue weighted by atomic mass is 16.5. The number of nitrogens with zero attached hydrogens (tertiary/aromatic N) is 3. The zero-order chi connectivity index (χ0) is 22.5. The van der Waals surface area contributed by atoms with Gasteiger partial charge in [-0.1, -0.05) is 18.2 Å². The zero-order valence-corrected chi connectivity index (χ0v) is 18.4. The fraction of sp³-hybridized carbons (Fsp3) is 0.500. The number of likely N-dealkylation sites (tertiary alicyclic amines) is 2. The molecule has 170 valence electrons. The molecule has 0 spiro atoms. The number of piperidine rings is 2. The molecule has 0 saturated carbocycles. The first-order valence-electron chi connectivity index (χ1n) is 11.4. The Kier molecular flexibility index (Phi) is 6.87. The van der Waals surface area contributed by atoms with Gasteiger partial charge >= 0.3 is 5.97 Å². The molecule has 0 radical (unpaired) electrons. The van der Waals surface area contributed by atoms with E-state index < -0.39 is 0 Å². The first kappa shape index (κ1) is 22.0. The molecule has 1 aromatic heterocycles. The molecule has 0 aliphatic carbocycles. The van der Waals surface area contributed by atoms with Crippen LogP contribution in [0.3, 0.4) is 0 Å². The topological polar surface area (TPSA) is 93.0 Å². The molecule has 3 heterocycles. The summed E-state index contributed by atoms with van der Waals surface area (Å²) in [5.41, 5.74) is 1.28. The van der Waals surface area contributed by atoms with Crippen molar-refractivity contribution in [3.8, 4) is 11.3 Å². The van der Waals surface area contributed by atoms with Gasteiger partial charge in [-0.25, -0.2) is 4.98 Å². The van der Waals surface area contributed by atoms with E-state index in [0.29, 0.717) is 49.4 Å². The summed E-state index contributed by atoms with van der Waals surface area (Å²) in [7, 11) is 0. The molecule has 8 heteroatoms. The van der Waals surface area contributed by atoms with Crippen molar-refractivity contribution >= 4 is 17.8 Å². The molecule has 0 bridgehead atoms. The second-order valence-corrected chi connectivity index (χ2v) is 8.25. The Morgan fingerprint density at radius 2 is 1.69 bits per heavy atom. The number of oxazole rings is 1. The highest BCUT2D eigenvalue weighted by Crippen LogP contribution is 2.30. The molecule has 0 N–H and O–H groups in total. The molecule has 4 rings (SSSR count). The van der Waals surface area contributed by atoms with Gasteiger partial charge in [0.25, 0.3) is 11.8 Å². The molecule has 2 aliphatic heterocycles. The second kappa shape index (κ2) is 9.97. The Labute approximate surface area is 187 Å². The Hall–Kier alpha value is -3.16. The zero-order valence-electron chi connectivity index (χ0n) is 18.4. The van der Waals surface area contributed by atoms with Gasteiger partial charge in [0, 0.05) is 31.7 Å². The molecule has 2 aromatic rings. The van der Waals surface area contributed by atoms with E-state index >= 15 is 0 Å². The summed E-state index contributed by atoms with van der Waals surface area (Å²) in [6.07, 6.45) is 5.50. The minimum absolute atomic E-state index is 0.0506. The summed E-state index contributed by atoms with van der Waals surface area (Å²) in [6, 6.07) is 7.21. The van der Waals surface area contributed by atoms with E-state index in [-0.39, 0.29) is 29.4 Å². The maximum Gasteiger partial charge on any atom is 0.309 e. The summed E-state index contributed by atoms with van der Waals surface area (Å²) in [5, 5.41) is 0. The van der Waals surface area contributed by atoms with Crippen molar-refractivity contribution in [1.29, 1.82) is 0 Å². The average molecular weight is 440 g/mol. The third-order valence-corrected chi connectivity index (χ3v) is 6.22. The number of carbonyl (C=O) groups excluding carboxylic acids is 3. The molecular formula is C24H29N3O5. The highest BCUT2D eigenvalue weighted by Gasteiger charge is 2.32. The van der Waals surface area contributed by atoms with Crippen LogP contribution in [0.1, 0.15) is 59.9 Å². The maximum absolute atomic E-state index is 13.2. The second-order valence-electron chi connectivity index (χ2n) is 8.25. The Balaban J connectivity index is 1.53. The van der Waals surface area contributed by atoms with Crippen LogP contribution >= 0.6 is 0 Å². The number of hydrogen-bond acceptors (Lipinski definition) is 6. The molecule has 0 unspecified atom stereocenters. The number of benzene rings is 1. The fourth-order valence-corrected chi connectivity index (χ4v) is 4.45. The molecular weight excluding hydrogens is 410 g/mol. The summed E-state index contributed by atoms with van der Waals surface area (Å²) in [4.78, 5) is 46.1. The Bertz CT molecular complexity index is 972. The number of aromatic nitrogens is 1. The molecule has 2 saturated heterocycles. The van der Waals surface area contributed by atoms with Crippen LogP contribution in [-0.4, -0.2) is 65.4 Å².